The molecule has 2 N–H and O–H groups in total. The number of nitrogens with zero attached hydrogens (tertiary/aromatic N) is 3. The second kappa shape index (κ2) is 13.6. The highest BCUT2D eigenvalue weighted by Gasteiger charge is 2.37. The molecule has 2 rings (SSSR count). The average Bonchev–Trinajstić information content (AvgIpc) is 2.85. The van der Waals surface area contributed by atoms with Crippen molar-refractivity contribution in [3.05, 3.63) is 35.9 Å². The highest BCUT2D eigenvalue weighted by atomic mass is 16.3. The van der Waals surface area contributed by atoms with E-state index < -0.39 is 0 Å². The summed E-state index contributed by atoms with van der Waals surface area (Å²) in [5, 5.41) is 11.7. The number of nitrogens with one attached hydrogen (secondary N) is 1. The number of carbonyl (C=O) groups is 3. The van der Waals surface area contributed by atoms with E-state index in [1.807, 2.05) is 13.0 Å². The Morgan fingerprint density at radius 3 is 2.37 bits per heavy atom. The van der Waals surface area contributed by atoms with Gasteiger partial charge in [0.1, 0.15) is 0 Å². The summed E-state index contributed by atoms with van der Waals surface area (Å²) in [5.74, 6) is -0.823. The maximum Gasteiger partial charge on any atom is 0.239 e. The molecule has 1 saturated heterocycles. The molecule has 1 aliphatic rings. The van der Waals surface area contributed by atoms with Crippen LogP contribution in [-0.2, 0) is 19.9 Å². The van der Waals surface area contributed by atoms with Crippen molar-refractivity contribution in [1.29, 1.82) is 0 Å². The van der Waals surface area contributed by atoms with E-state index in [0.29, 0.717) is 13.0 Å². The lowest BCUT2D eigenvalue weighted by Gasteiger charge is -2.41. The molecule has 8 nitrogen and oxygen atoms in total. The maximum absolute atomic E-state index is 13.6. The van der Waals surface area contributed by atoms with Crippen LogP contribution >= 0.6 is 0 Å². The normalized spacial score (nSPS) is 24.1. The van der Waals surface area contributed by atoms with E-state index in [1.165, 1.54) is 5.56 Å². The van der Waals surface area contributed by atoms with Crippen LogP contribution in [-0.4, -0.2) is 92.0 Å². The molecule has 0 saturated carbocycles. The van der Waals surface area contributed by atoms with E-state index in [2.05, 4.69) is 48.6 Å². The number of aliphatic hydroxyl groups is 1. The zero-order valence-corrected chi connectivity index (χ0v) is 22.1. The molecule has 3 amide bonds. The molecule has 0 aliphatic carbocycles. The van der Waals surface area contributed by atoms with Gasteiger partial charge in [0.15, 0.2) is 0 Å². The summed E-state index contributed by atoms with van der Waals surface area (Å²) < 4.78 is 0. The van der Waals surface area contributed by atoms with Crippen LogP contribution < -0.4 is 5.32 Å². The summed E-state index contributed by atoms with van der Waals surface area (Å²) in [6.45, 7) is 2.33. The van der Waals surface area contributed by atoms with Gasteiger partial charge in [-0.2, -0.15) is 0 Å². The van der Waals surface area contributed by atoms with Crippen molar-refractivity contribution in [2.45, 2.75) is 51.0 Å². The quantitative estimate of drug-likeness (QED) is 0.584. The summed E-state index contributed by atoms with van der Waals surface area (Å²) in [6.07, 6.45) is 4.49. The van der Waals surface area contributed by atoms with Crippen LogP contribution in [0.5, 0.6) is 0 Å². The summed E-state index contributed by atoms with van der Waals surface area (Å²) >= 11 is 0. The molecule has 35 heavy (non-hydrogen) atoms. The summed E-state index contributed by atoms with van der Waals surface area (Å²) in [6, 6.07) is 10.5. The number of benzene rings is 1. The molecular weight excluding hydrogens is 444 g/mol. The lowest BCUT2D eigenvalue weighted by atomic mass is 9.78. The SMILES string of the molecule is CC1C(=O)N(CC(=O)NCCO)CCC[C@](c2ccccc2)(N(C)C)CCCC1CC(=O)N(C)C. The van der Waals surface area contributed by atoms with Crippen molar-refractivity contribution in [1.82, 2.24) is 20.0 Å². The largest absolute Gasteiger partial charge is 0.395 e. The Bertz CT molecular complexity index is 830. The van der Waals surface area contributed by atoms with E-state index in [-0.39, 0.29) is 54.8 Å². The Kier molecular flexibility index (Phi) is 11.2. The number of aliphatic hydroxyl groups excluding tert-OH is 1. The Hall–Kier alpha value is -2.45. The number of rotatable bonds is 8. The fraction of sp³-hybridized carbons (Fsp3) is 0.667. The van der Waals surface area contributed by atoms with Crippen LogP contribution in [0.2, 0.25) is 0 Å². The Morgan fingerprint density at radius 1 is 1.11 bits per heavy atom. The standard InChI is InChI=1S/C27H44N4O4/c1-21-22(19-25(34)29(2)3)11-9-14-27(30(4)5,23-12-7-6-8-13-23)15-10-17-31(26(21)35)20-24(33)28-16-18-32/h6-8,12-13,21-22,32H,9-11,14-20H2,1-5H3,(H,28,33)/t21?,22?,27-/m1/s1. The molecule has 0 bridgehead atoms. The van der Waals surface area contributed by atoms with Gasteiger partial charge in [0.25, 0.3) is 0 Å². The molecule has 8 heteroatoms. The molecule has 0 aromatic heterocycles. The van der Waals surface area contributed by atoms with Crippen molar-refractivity contribution >= 4 is 17.7 Å². The molecule has 0 spiro atoms. The minimum atomic E-state index is -0.367. The highest BCUT2D eigenvalue weighted by molar-refractivity contribution is 5.86. The molecule has 1 aromatic rings. The van der Waals surface area contributed by atoms with Crippen LogP contribution in [0.4, 0.5) is 0 Å². The second-order valence-corrected chi connectivity index (χ2v) is 10.2. The van der Waals surface area contributed by atoms with Gasteiger partial charge in [-0.3, -0.25) is 19.3 Å². The molecule has 1 heterocycles. The van der Waals surface area contributed by atoms with Crippen molar-refractivity contribution in [3.63, 3.8) is 0 Å². The van der Waals surface area contributed by atoms with E-state index in [0.717, 1.165) is 32.1 Å². The number of carbonyl (C=O) groups excluding carboxylic acids is 3. The molecule has 0 radical (unpaired) electrons. The first-order chi connectivity index (χ1) is 16.6. The maximum atomic E-state index is 13.6. The third kappa shape index (κ3) is 7.77. The smallest absolute Gasteiger partial charge is 0.239 e. The minimum absolute atomic E-state index is 0.0127. The van der Waals surface area contributed by atoms with Gasteiger partial charge in [0.2, 0.25) is 17.7 Å². The van der Waals surface area contributed by atoms with Crippen LogP contribution in [0.15, 0.2) is 30.3 Å². The van der Waals surface area contributed by atoms with Crippen molar-refractivity contribution in [3.8, 4) is 0 Å². The van der Waals surface area contributed by atoms with Gasteiger partial charge in [0, 0.05) is 45.1 Å². The molecule has 196 valence electrons. The first-order valence-electron chi connectivity index (χ1n) is 12.7. The first kappa shape index (κ1) is 28.8. The topological polar surface area (TPSA) is 93.2 Å². The van der Waals surface area contributed by atoms with Crippen LogP contribution in [0, 0.1) is 11.8 Å². The van der Waals surface area contributed by atoms with Gasteiger partial charge >= 0.3 is 0 Å². The number of hydrogen-bond acceptors (Lipinski definition) is 5. The van der Waals surface area contributed by atoms with Crippen molar-refractivity contribution in [2.24, 2.45) is 11.8 Å². The fourth-order valence-corrected chi connectivity index (χ4v) is 5.20. The third-order valence-electron chi connectivity index (χ3n) is 7.46. The van der Waals surface area contributed by atoms with Gasteiger partial charge in [-0.1, -0.05) is 43.7 Å². The first-order valence-corrected chi connectivity index (χ1v) is 12.7. The van der Waals surface area contributed by atoms with Gasteiger partial charge in [-0.25, -0.2) is 0 Å². The molecule has 3 atom stereocenters. The van der Waals surface area contributed by atoms with Crippen LogP contribution in [0.25, 0.3) is 0 Å². The number of hydrogen-bond donors (Lipinski definition) is 2. The van der Waals surface area contributed by atoms with E-state index in [4.69, 9.17) is 5.11 Å². The van der Waals surface area contributed by atoms with E-state index in [9.17, 15) is 14.4 Å². The van der Waals surface area contributed by atoms with Gasteiger partial charge in [-0.15, -0.1) is 0 Å². The average molecular weight is 489 g/mol. The third-order valence-corrected chi connectivity index (χ3v) is 7.46. The Morgan fingerprint density at radius 2 is 1.77 bits per heavy atom. The monoisotopic (exact) mass is 488 g/mol. The second-order valence-electron chi connectivity index (χ2n) is 10.2. The summed E-state index contributed by atoms with van der Waals surface area (Å²) in [7, 11) is 7.69. The van der Waals surface area contributed by atoms with E-state index in [1.54, 1.807) is 23.9 Å². The van der Waals surface area contributed by atoms with Gasteiger partial charge in [0.05, 0.1) is 13.2 Å². The zero-order chi connectivity index (χ0) is 26.0. The van der Waals surface area contributed by atoms with Crippen LogP contribution in [0.1, 0.15) is 51.0 Å². The predicted octanol–water partition coefficient (Wildman–Crippen LogP) is 2.08. The van der Waals surface area contributed by atoms with Crippen LogP contribution in [0.3, 0.4) is 0 Å². The molecule has 2 unspecified atom stereocenters. The minimum Gasteiger partial charge on any atom is -0.395 e. The number of amides is 3. The van der Waals surface area contributed by atoms with Crippen molar-refractivity contribution in [2.75, 3.05) is 54.4 Å². The van der Waals surface area contributed by atoms with Crippen molar-refractivity contribution < 1.29 is 19.5 Å². The van der Waals surface area contributed by atoms with Gasteiger partial charge < -0.3 is 20.2 Å². The summed E-state index contributed by atoms with van der Waals surface area (Å²) in [4.78, 5) is 44.2. The van der Waals surface area contributed by atoms with E-state index >= 15 is 0 Å². The molecule has 1 fully saturated rings. The summed E-state index contributed by atoms with van der Waals surface area (Å²) in [5.41, 5.74) is 1.05. The molecule has 1 aromatic carbocycles. The lowest BCUT2D eigenvalue weighted by Crippen LogP contribution is -2.46. The lowest BCUT2D eigenvalue weighted by molar-refractivity contribution is -0.141. The Labute approximate surface area is 210 Å². The molecule has 1 aliphatic heterocycles. The predicted molar refractivity (Wildman–Crippen MR) is 138 cm³/mol. The zero-order valence-electron chi connectivity index (χ0n) is 22.1. The highest BCUT2D eigenvalue weighted by Crippen LogP contribution is 2.39. The fourth-order valence-electron chi connectivity index (χ4n) is 5.20. The Balaban J connectivity index is 2.39. The van der Waals surface area contributed by atoms with Gasteiger partial charge in [-0.05, 0) is 51.3 Å². The molecular formula is C27H44N4O4.